The maximum Gasteiger partial charge on any atom is 0.254 e. The van der Waals surface area contributed by atoms with Crippen LogP contribution in [0.5, 0.6) is 11.5 Å². The first-order valence-electron chi connectivity index (χ1n) is 7.74. The van der Waals surface area contributed by atoms with Crippen LogP contribution in [0.3, 0.4) is 0 Å². The second-order valence-corrected chi connectivity index (χ2v) is 5.47. The van der Waals surface area contributed by atoms with Crippen molar-refractivity contribution in [1.82, 2.24) is 14.8 Å². The lowest BCUT2D eigenvalue weighted by atomic mass is 10.1. The van der Waals surface area contributed by atoms with Gasteiger partial charge in [0, 0.05) is 5.56 Å². The van der Waals surface area contributed by atoms with Crippen molar-refractivity contribution >= 4 is 11.9 Å². The minimum absolute atomic E-state index is 0.0326. The molecular formula is C18H17FN4O3. The molecule has 0 amide bonds. The Morgan fingerprint density at radius 1 is 1.12 bits per heavy atom. The van der Waals surface area contributed by atoms with Crippen molar-refractivity contribution in [2.45, 2.75) is 6.42 Å². The number of nitrogens with zero attached hydrogens (tertiary/aromatic N) is 3. The molecule has 0 fully saturated rings. The topological polar surface area (TPSA) is 92.3 Å². The smallest absolute Gasteiger partial charge is 0.254 e. The largest absolute Gasteiger partial charge is 0.493 e. The summed E-state index contributed by atoms with van der Waals surface area (Å²) in [7, 11) is 3.06. The third-order valence-corrected chi connectivity index (χ3v) is 3.77. The second-order valence-electron chi connectivity index (χ2n) is 5.47. The van der Waals surface area contributed by atoms with Crippen molar-refractivity contribution in [3.8, 4) is 22.9 Å². The van der Waals surface area contributed by atoms with E-state index in [0.29, 0.717) is 22.6 Å². The zero-order valence-corrected chi connectivity index (χ0v) is 14.3. The van der Waals surface area contributed by atoms with Gasteiger partial charge in [0.05, 0.1) is 20.6 Å². The van der Waals surface area contributed by atoms with Crippen molar-refractivity contribution in [3.05, 3.63) is 53.8 Å². The van der Waals surface area contributed by atoms with Crippen molar-refractivity contribution in [1.29, 1.82) is 0 Å². The van der Waals surface area contributed by atoms with Gasteiger partial charge in [-0.2, -0.15) is 9.67 Å². The van der Waals surface area contributed by atoms with Crippen LogP contribution in [0, 0.1) is 5.82 Å². The normalized spacial score (nSPS) is 10.6. The molecule has 3 aromatic rings. The fourth-order valence-corrected chi connectivity index (χ4v) is 2.47. The maximum absolute atomic E-state index is 13.0. The summed E-state index contributed by atoms with van der Waals surface area (Å²) < 4.78 is 24.5. The van der Waals surface area contributed by atoms with E-state index in [-0.39, 0.29) is 29.9 Å². The van der Waals surface area contributed by atoms with Crippen LogP contribution < -0.4 is 15.2 Å². The van der Waals surface area contributed by atoms with Crippen LogP contribution in [-0.4, -0.2) is 34.9 Å². The fraction of sp³-hybridized carbons (Fsp3) is 0.167. The Morgan fingerprint density at radius 2 is 1.81 bits per heavy atom. The molecule has 3 rings (SSSR count). The zero-order chi connectivity index (χ0) is 18.7. The summed E-state index contributed by atoms with van der Waals surface area (Å²) in [5.41, 5.74) is 7.09. The first kappa shape index (κ1) is 17.4. The number of carbonyl (C=O) groups is 1. The predicted octanol–water partition coefficient (Wildman–Crippen LogP) is 2.57. The highest BCUT2D eigenvalue weighted by Crippen LogP contribution is 2.28. The molecule has 1 aromatic heterocycles. The van der Waals surface area contributed by atoms with Gasteiger partial charge in [0.2, 0.25) is 5.95 Å². The maximum atomic E-state index is 13.0. The van der Waals surface area contributed by atoms with E-state index in [0.717, 1.165) is 4.68 Å². The van der Waals surface area contributed by atoms with Crippen LogP contribution in [0.25, 0.3) is 11.4 Å². The Kier molecular flexibility index (Phi) is 4.83. The average molecular weight is 356 g/mol. The van der Waals surface area contributed by atoms with Gasteiger partial charge in [-0.05, 0) is 42.0 Å². The number of halogens is 1. The molecule has 2 aromatic carbocycles. The summed E-state index contributed by atoms with van der Waals surface area (Å²) >= 11 is 0. The van der Waals surface area contributed by atoms with E-state index < -0.39 is 0 Å². The van der Waals surface area contributed by atoms with Gasteiger partial charge in [0.1, 0.15) is 5.82 Å². The number of nitrogen functional groups attached to an aromatic ring is 1. The SMILES string of the molecule is COc1ccc(CC(=O)n2nc(-c3ccc(F)cc3)nc2N)cc1OC. The van der Waals surface area contributed by atoms with Crippen molar-refractivity contribution in [3.63, 3.8) is 0 Å². The molecule has 1 heterocycles. The summed E-state index contributed by atoms with van der Waals surface area (Å²) in [6.45, 7) is 0. The summed E-state index contributed by atoms with van der Waals surface area (Å²) in [4.78, 5) is 16.6. The van der Waals surface area contributed by atoms with Crippen molar-refractivity contribution in [2.24, 2.45) is 0 Å². The van der Waals surface area contributed by atoms with E-state index in [1.54, 1.807) is 18.2 Å². The molecule has 0 bridgehead atoms. The van der Waals surface area contributed by atoms with Crippen LogP contribution in [-0.2, 0) is 6.42 Å². The number of carbonyl (C=O) groups excluding carboxylic acids is 1. The van der Waals surface area contributed by atoms with Gasteiger partial charge >= 0.3 is 0 Å². The monoisotopic (exact) mass is 356 g/mol. The highest BCUT2D eigenvalue weighted by molar-refractivity contribution is 5.83. The van der Waals surface area contributed by atoms with E-state index in [4.69, 9.17) is 15.2 Å². The van der Waals surface area contributed by atoms with E-state index >= 15 is 0 Å². The molecule has 0 aliphatic carbocycles. The molecule has 7 nitrogen and oxygen atoms in total. The van der Waals surface area contributed by atoms with Gasteiger partial charge in [-0.15, -0.1) is 5.10 Å². The Balaban J connectivity index is 1.83. The van der Waals surface area contributed by atoms with Gasteiger partial charge in [0.25, 0.3) is 5.91 Å². The highest BCUT2D eigenvalue weighted by Gasteiger charge is 2.16. The lowest BCUT2D eigenvalue weighted by Crippen LogP contribution is -2.17. The summed E-state index contributed by atoms with van der Waals surface area (Å²) in [5, 5.41) is 4.13. The lowest BCUT2D eigenvalue weighted by molar-refractivity contribution is 0.0901. The third-order valence-electron chi connectivity index (χ3n) is 3.77. The molecule has 0 unspecified atom stereocenters. The number of methoxy groups -OCH3 is 2. The number of aromatic nitrogens is 3. The van der Waals surface area contributed by atoms with Crippen molar-refractivity contribution < 1.29 is 18.7 Å². The van der Waals surface area contributed by atoms with Gasteiger partial charge in [-0.25, -0.2) is 4.39 Å². The molecule has 0 atom stereocenters. The quantitative estimate of drug-likeness (QED) is 0.755. The Hall–Kier alpha value is -3.42. The van der Waals surface area contributed by atoms with Crippen LogP contribution in [0.4, 0.5) is 10.3 Å². The van der Waals surface area contributed by atoms with Crippen LogP contribution in [0.1, 0.15) is 10.4 Å². The van der Waals surface area contributed by atoms with Crippen LogP contribution >= 0.6 is 0 Å². The number of ether oxygens (including phenoxy) is 2. The van der Waals surface area contributed by atoms with Gasteiger partial charge in [0.15, 0.2) is 17.3 Å². The highest BCUT2D eigenvalue weighted by atomic mass is 19.1. The molecule has 0 saturated heterocycles. The summed E-state index contributed by atoms with van der Waals surface area (Å²) in [5.74, 6) is 0.596. The molecule has 134 valence electrons. The number of hydrogen-bond acceptors (Lipinski definition) is 6. The number of rotatable bonds is 5. The molecule has 0 spiro atoms. The lowest BCUT2D eigenvalue weighted by Gasteiger charge is -2.09. The van der Waals surface area contributed by atoms with Crippen LogP contribution in [0.2, 0.25) is 0 Å². The van der Waals surface area contributed by atoms with Gasteiger partial charge < -0.3 is 15.2 Å². The number of anilines is 1. The van der Waals surface area contributed by atoms with E-state index in [9.17, 15) is 9.18 Å². The third kappa shape index (κ3) is 3.49. The van der Waals surface area contributed by atoms with Gasteiger partial charge in [-0.3, -0.25) is 4.79 Å². The Morgan fingerprint density at radius 3 is 2.46 bits per heavy atom. The first-order valence-corrected chi connectivity index (χ1v) is 7.74. The second kappa shape index (κ2) is 7.22. The van der Waals surface area contributed by atoms with Crippen LogP contribution in [0.15, 0.2) is 42.5 Å². The minimum atomic E-state index is -0.370. The Bertz CT molecular complexity index is 938. The zero-order valence-electron chi connectivity index (χ0n) is 14.3. The Labute approximate surface area is 149 Å². The number of nitrogens with two attached hydrogens (primary N) is 1. The van der Waals surface area contributed by atoms with E-state index in [1.807, 2.05) is 0 Å². The van der Waals surface area contributed by atoms with E-state index in [1.165, 1.54) is 38.5 Å². The molecule has 0 aliphatic rings. The summed E-state index contributed by atoms with van der Waals surface area (Å²) in [6, 6.07) is 10.8. The molecule has 26 heavy (non-hydrogen) atoms. The molecule has 0 aliphatic heterocycles. The number of hydrogen-bond donors (Lipinski definition) is 1. The summed E-state index contributed by atoms with van der Waals surface area (Å²) in [6.07, 6.45) is 0.0524. The number of benzene rings is 2. The molecule has 2 N–H and O–H groups in total. The first-order chi connectivity index (χ1) is 12.5. The molecule has 8 heteroatoms. The van der Waals surface area contributed by atoms with Gasteiger partial charge in [-0.1, -0.05) is 6.07 Å². The van der Waals surface area contributed by atoms with E-state index in [2.05, 4.69) is 10.1 Å². The fourth-order valence-electron chi connectivity index (χ4n) is 2.47. The molecule has 0 radical (unpaired) electrons. The minimum Gasteiger partial charge on any atom is -0.493 e. The van der Waals surface area contributed by atoms with Crippen molar-refractivity contribution in [2.75, 3.05) is 20.0 Å². The average Bonchev–Trinajstić information content (AvgIpc) is 3.04. The molecular weight excluding hydrogens is 339 g/mol. The predicted molar refractivity (Wildman–Crippen MR) is 93.7 cm³/mol. The standard InChI is InChI=1S/C18H17FN4O3/c1-25-14-8-3-11(9-15(14)26-2)10-16(24)23-18(20)21-17(22-23)12-4-6-13(19)7-5-12/h3-9H,10H2,1-2H3,(H2,20,21,22). The molecule has 0 saturated carbocycles.